The number of methoxy groups -OCH3 is 1. The molecule has 2 aromatic rings. The SMILES string of the molecule is COc1ccc2c(O[C@H]3CC4C(=O)NCCCCC/C=C\[C@@H]5C[C@]5(C(=O)NS(=O)(=O)C5CC5)NC(=O)[C@@H]4C3)cc(C3=NC(C(C)C)CS3)nc2c1C. The van der Waals surface area contributed by atoms with Crippen LogP contribution < -0.4 is 24.8 Å². The standard InChI is InChI=1S/C38H49N5O7S2/c1-21(2)30-20-51-36(41-30)29-18-32(26-13-14-31(49-4)22(3)33(26)40-29)50-24-16-27-28(17-24)35(45)42-38(37(46)43-52(47,48)25-11-12-25)19-23(38)10-8-6-5-7-9-15-39-34(27)44/h8,10,13-14,18,21,23-25,27-28,30H,5-7,9,11-12,15-17,19-20H2,1-4H3,(H,39,44)(H,42,45)(H,43,46)/b10-8-/t23-,24+,27?,28-,30?,38+/m1/s1. The number of fused-ring (bicyclic) bond motifs is 3. The lowest BCUT2D eigenvalue weighted by Gasteiger charge is -2.23. The van der Waals surface area contributed by atoms with E-state index < -0.39 is 50.6 Å². The number of carbonyl (C=O) groups is 3. The van der Waals surface area contributed by atoms with Crippen molar-refractivity contribution in [3.05, 3.63) is 41.6 Å². The van der Waals surface area contributed by atoms with Gasteiger partial charge in [-0.05, 0) is 76.3 Å². The van der Waals surface area contributed by atoms with Gasteiger partial charge in [-0.25, -0.2) is 13.4 Å². The first-order valence-electron chi connectivity index (χ1n) is 18.6. The van der Waals surface area contributed by atoms with E-state index in [1.54, 1.807) is 18.9 Å². The van der Waals surface area contributed by atoms with Crippen molar-refractivity contribution in [2.45, 2.75) is 101 Å². The summed E-state index contributed by atoms with van der Waals surface area (Å²) in [5.74, 6) is -0.666. The normalized spacial score (nSPS) is 30.2. The summed E-state index contributed by atoms with van der Waals surface area (Å²) in [6.45, 7) is 6.78. The van der Waals surface area contributed by atoms with Crippen LogP contribution in [0.25, 0.3) is 10.9 Å². The molecule has 5 aliphatic rings. The molecule has 1 aromatic heterocycles. The molecule has 52 heavy (non-hydrogen) atoms. The summed E-state index contributed by atoms with van der Waals surface area (Å²) < 4.78 is 40.2. The molecule has 0 radical (unpaired) electrons. The smallest absolute Gasteiger partial charge is 0.259 e. The number of carbonyl (C=O) groups excluding carboxylic acids is 3. The minimum atomic E-state index is -3.82. The third-order valence-electron chi connectivity index (χ3n) is 11.2. The Morgan fingerprint density at radius 3 is 2.56 bits per heavy atom. The topological polar surface area (TPSA) is 165 Å². The van der Waals surface area contributed by atoms with Crippen molar-refractivity contribution in [3.63, 3.8) is 0 Å². The summed E-state index contributed by atoms with van der Waals surface area (Å²) in [5, 5.41) is 7.07. The fraction of sp³-hybridized carbons (Fsp3) is 0.605. The number of nitrogens with one attached hydrogen (secondary N) is 3. The minimum Gasteiger partial charge on any atom is -0.496 e. The molecule has 3 amide bonds. The Morgan fingerprint density at radius 1 is 1.08 bits per heavy atom. The van der Waals surface area contributed by atoms with Crippen molar-refractivity contribution in [1.29, 1.82) is 0 Å². The Balaban J connectivity index is 1.19. The van der Waals surface area contributed by atoms with Gasteiger partial charge in [-0.1, -0.05) is 32.4 Å². The molecular weight excluding hydrogens is 703 g/mol. The van der Waals surface area contributed by atoms with Crippen LogP contribution in [0.1, 0.15) is 82.9 Å². The monoisotopic (exact) mass is 751 g/mol. The molecule has 0 saturated heterocycles. The van der Waals surface area contributed by atoms with E-state index in [0.717, 1.165) is 52.9 Å². The molecular formula is C38H49N5O7S2. The first kappa shape index (κ1) is 36.7. The summed E-state index contributed by atoms with van der Waals surface area (Å²) in [6.07, 6.45) is 8.71. The predicted octanol–water partition coefficient (Wildman–Crippen LogP) is 4.57. The molecule has 1 aromatic carbocycles. The van der Waals surface area contributed by atoms with Crippen molar-refractivity contribution in [3.8, 4) is 11.5 Å². The lowest BCUT2D eigenvalue weighted by molar-refractivity contribution is -0.136. The number of rotatable bonds is 8. The fourth-order valence-electron chi connectivity index (χ4n) is 7.67. The van der Waals surface area contributed by atoms with Crippen LogP contribution in [0, 0.1) is 30.6 Å². The molecule has 3 N–H and O–H groups in total. The van der Waals surface area contributed by atoms with Gasteiger partial charge < -0.3 is 20.1 Å². The minimum absolute atomic E-state index is 0.191. The Hall–Kier alpha value is -3.65. The van der Waals surface area contributed by atoms with Gasteiger partial charge in [0.1, 0.15) is 28.2 Å². The molecule has 280 valence electrons. The van der Waals surface area contributed by atoms with Gasteiger partial charge in [0, 0.05) is 35.2 Å². The zero-order chi connectivity index (χ0) is 36.8. The van der Waals surface area contributed by atoms with Crippen LogP contribution in [0.3, 0.4) is 0 Å². The molecule has 0 spiro atoms. The highest BCUT2D eigenvalue weighted by molar-refractivity contribution is 8.14. The van der Waals surface area contributed by atoms with Crippen molar-refractivity contribution >= 4 is 55.5 Å². The highest BCUT2D eigenvalue weighted by atomic mass is 32.2. The van der Waals surface area contributed by atoms with Crippen LogP contribution >= 0.6 is 11.8 Å². The molecule has 3 heterocycles. The maximum absolute atomic E-state index is 14.2. The van der Waals surface area contributed by atoms with Crippen LogP contribution in [0.4, 0.5) is 0 Å². The van der Waals surface area contributed by atoms with Gasteiger partial charge in [0.05, 0.1) is 41.4 Å². The second-order valence-corrected chi connectivity index (χ2v) is 18.3. The van der Waals surface area contributed by atoms with E-state index in [1.807, 2.05) is 37.3 Å². The summed E-state index contributed by atoms with van der Waals surface area (Å²) in [5.41, 5.74) is 0.908. The maximum atomic E-state index is 14.2. The number of thioether (sulfide) groups is 1. The number of pyridine rings is 1. The van der Waals surface area contributed by atoms with Gasteiger partial charge in [-0.3, -0.25) is 24.1 Å². The van der Waals surface area contributed by atoms with Gasteiger partial charge in [-0.15, -0.1) is 11.8 Å². The van der Waals surface area contributed by atoms with Crippen molar-refractivity contribution in [2.24, 2.45) is 28.7 Å². The third kappa shape index (κ3) is 7.42. The van der Waals surface area contributed by atoms with E-state index >= 15 is 0 Å². The molecule has 7 rings (SSSR count). The van der Waals surface area contributed by atoms with Gasteiger partial charge in [0.15, 0.2) is 0 Å². The van der Waals surface area contributed by atoms with Gasteiger partial charge in [-0.2, -0.15) is 0 Å². The zero-order valence-electron chi connectivity index (χ0n) is 30.3. The van der Waals surface area contributed by atoms with E-state index in [1.165, 1.54) is 0 Å². The third-order valence-corrected chi connectivity index (χ3v) is 14.1. The van der Waals surface area contributed by atoms with Crippen LogP contribution in [-0.2, 0) is 24.4 Å². The highest BCUT2D eigenvalue weighted by Crippen LogP contribution is 2.47. The number of aryl methyl sites for hydroxylation is 1. The van der Waals surface area contributed by atoms with E-state index in [0.29, 0.717) is 55.3 Å². The molecule has 6 atom stereocenters. The average molecular weight is 752 g/mol. The number of nitrogens with zero attached hydrogens (tertiary/aromatic N) is 2. The summed E-state index contributed by atoms with van der Waals surface area (Å²) in [4.78, 5) is 51.6. The number of sulfonamides is 1. The molecule has 3 aliphatic carbocycles. The van der Waals surface area contributed by atoms with E-state index in [9.17, 15) is 22.8 Å². The van der Waals surface area contributed by atoms with E-state index in [-0.39, 0.29) is 24.3 Å². The largest absolute Gasteiger partial charge is 0.496 e. The fourth-order valence-corrected chi connectivity index (χ4v) is 10.3. The first-order valence-corrected chi connectivity index (χ1v) is 21.1. The Bertz CT molecular complexity index is 1930. The molecule has 3 saturated carbocycles. The van der Waals surface area contributed by atoms with E-state index in [2.05, 4.69) is 29.2 Å². The number of allylic oxidation sites excluding steroid dienone is 1. The Labute approximate surface area is 309 Å². The quantitative estimate of drug-likeness (QED) is 0.328. The lowest BCUT2D eigenvalue weighted by Crippen LogP contribution is -2.54. The summed E-state index contributed by atoms with van der Waals surface area (Å²) in [6, 6.07) is 5.90. The van der Waals surface area contributed by atoms with Crippen molar-refractivity contribution in [1.82, 2.24) is 20.3 Å². The van der Waals surface area contributed by atoms with Crippen molar-refractivity contribution < 1.29 is 32.3 Å². The number of ether oxygens (including phenoxy) is 2. The lowest BCUT2D eigenvalue weighted by atomic mass is 9.93. The van der Waals surface area contributed by atoms with Gasteiger partial charge in [0.25, 0.3) is 5.91 Å². The van der Waals surface area contributed by atoms with E-state index in [4.69, 9.17) is 19.5 Å². The zero-order valence-corrected chi connectivity index (χ0v) is 31.9. The Morgan fingerprint density at radius 2 is 1.85 bits per heavy atom. The molecule has 2 aliphatic heterocycles. The molecule has 14 heteroatoms. The average Bonchev–Trinajstić information content (AvgIpc) is 3.98. The van der Waals surface area contributed by atoms with Crippen LogP contribution in [0.2, 0.25) is 0 Å². The molecule has 12 nitrogen and oxygen atoms in total. The predicted molar refractivity (Wildman–Crippen MR) is 201 cm³/mol. The Kier molecular flexibility index (Phi) is 10.3. The number of benzene rings is 1. The number of aliphatic imine (C=N–C) groups is 1. The summed E-state index contributed by atoms with van der Waals surface area (Å²) in [7, 11) is -2.20. The molecule has 0 bridgehead atoms. The molecule has 3 fully saturated rings. The van der Waals surface area contributed by atoms with Crippen LogP contribution in [0.5, 0.6) is 11.5 Å². The van der Waals surface area contributed by atoms with Crippen LogP contribution in [-0.4, -0.2) is 78.5 Å². The highest BCUT2D eigenvalue weighted by Gasteiger charge is 2.62. The second kappa shape index (κ2) is 14.6. The van der Waals surface area contributed by atoms with Gasteiger partial charge >= 0.3 is 0 Å². The number of hydrogen-bond donors (Lipinski definition) is 3. The van der Waals surface area contributed by atoms with Crippen LogP contribution in [0.15, 0.2) is 35.3 Å². The second-order valence-electron chi connectivity index (χ2n) is 15.3. The van der Waals surface area contributed by atoms with Crippen molar-refractivity contribution in [2.75, 3.05) is 19.4 Å². The molecule has 2 unspecified atom stereocenters. The number of aromatic nitrogens is 1. The maximum Gasteiger partial charge on any atom is 0.259 e. The first-order chi connectivity index (χ1) is 24.9. The number of amides is 3. The van der Waals surface area contributed by atoms with Gasteiger partial charge in [0.2, 0.25) is 21.8 Å². The number of hydrogen-bond acceptors (Lipinski definition) is 10. The summed E-state index contributed by atoms with van der Waals surface area (Å²) >= 11 is 1.67.